The van der Waals surface area contributed by atoms with Crippen LogP contribution in [0.1, 0.15) is 90.9 Å². The Hall–Kier alpha value is -4.02. The predicted molar refractivity (Wildman–Crippen MR) is 220 cm³/mol. The third kappa shape index (κ3) is 7.42. The molecule has 0 fully saturated rings. The predicted octanol–water partition coefficient (Wildman–Crippen LogP) is 10.6. The highest BCUT2D eigenvalue weighted by Gasteiger charge is 2.33. The molecule has 8 nitrogen and oxygen atoms in total. The number of nitrogens with one attached hydrogen (secondary N) is 1. The van der Waals surface area contributed by atoms with Crippen molar-refractivity contribution in [3.8, 4) is 17.0 Å². The van der Waals surface area contributed by atoms with Crippen LogP contribution in [0.25, 0.3) is 32.7 Å². The van der Waals surface area contributed by atoms with Gasteiger partial charge in [-0.2, -0.15) is 0 Å². The number of nitrogens with zero attached hydrogens (tertiary/aromatic N) is 3. The van der Waals surface area contributed by atoms with Gasteiger partial charge >= 0.3 is 0 Å². The third-order valence-corrected chi connectivity index (χ3v) is 11.5. The van der Waals surface area contributed by atoms with Crippen molar-refractivity contribution in [2.24, 2.45) is 4.99 Å². The molecule has 0 unspecified atom stereocenters. The van der Waals surface area contributed by atoms with Crippen molar-refractivity contribution < 1.29 is 5.11 Å². The van der Waals surface area contributed by atoms with E-state index in [0.717, 1.165) is 69.9 Å². The molecule has 1 aliphatic carbocycles. The minimum Gasteiger partial charge on any atom is -0.494 e. The fourth-order valence-electron chi connectivity index (χ4n) is 7.27. The Morgan fingerprint density at radius 1 is 0.596 bits per heavy atom. The van der Waals surface area contributed by atoms with Gasteiger partial charge in [0, 0.05) is 29.7 Å². The van der Waals surface area contributed by atoms with E-state index in [0.29, 0.717) is 61.4 Å². The molecule has 6 rings (SSSR count). The second-order valence-corrected chi connectivity index (χ2v) is 15.2. The monoisotopic (exact) mass is 828 g/mol. The molecule has 2 heterocycles. The lowest BCUT2D eigenvalue weighted by atomic mass is 9.89. The van der Waals surface area contributed by atoms with Crippen LogP contribution < -0.4 is 27.4 Å². The smallest absolute Gasteiger partial charge is 0.263 e. The molecular weight excluding hydrogens is 784 g/mol. The molecule has 0 amide bonds. The first-order valence-electron chi connectivity index (χ1n) is 18.7. The molecule has 4 aromatic rings. The highest BCUT2D eigenvalue weighted by molar-refractivity contribution is 9.11. The topological polar surface area (TPSA) is 106 Å². The summed E-state index contributed by atoms with van der Waals surface area (Å²) in [5.41, 5.74) is 1.03. The quantitative estimate of drug-likeness (QED) is 0.0703. The maximum Gasteiger partial charge on any atom is 0.263 e. The number of unbranched alkanes of at least 4 members (excludes halogenated alkanes) is 10. The standard InChI is InChI=1S/C42H46Br2N4O4/c1-3-5-7-9-11-19-25-47-39(49)31-29-30-32(36(44)37(33(29)41(47)51)45-27-21-15-13-16-22-27)40(50)48(26-20-12-10-8-6-4-2)42(52)34(30)38(35(31)43)46-28-23-17-14-18-24-28/h13-18,21-24,45,52H,3-12,19-20,25-26H2,1-2H3. The number of benzene rings is 4. The zero-order valence-corrected chi connectivity index (χ0v) is 33.1. The fraction of sp³-hybridized carbons (Fsp3) is 0.381. The van der Waals surface area contributed by atoms with Gasteiger partial charge in [-0.1, -0.05) is 114 Å². The van der Waals surface area contributed by atoms with Crippen molar-refractivity contribution >= 4 is 70.5 Å². The summed E-state index contributed by atoms with van der Waals surface area (Å²) in [6.45, 7) is 4.92. The number of hydrogen-bond acceptors (Lipinski definition) is 6. The van der Waals surface area contributed by atoms with Crippen LogP contribution in [0.4, 0.5) is 17.1 Å². The summed E-state index contributed by atoms with van der Waals surface area (Å²) in [5.74, 6) is -0.232. The van der Waals surface area contributed by atoms with Gasteiger partial charge in [0.15, 0.2) is 0 Å². The molecule has 10 heteroatoms. The number of aromatic hydroxyl groups is 1. The number of para-hydroxylation sites is 2. The van der Waals surface area contributed by atoms with Crippen LogP contribution in [-0.4, -0.2) is 14.2 Å². The molecule has 2 N–H and O–H groups in total. The molecule has 1 aromatic heterocycles. The maximum absolute atomic E-state index is 14.7. The van der Waals surface area contributed by atoms with Gasteiger partial charge < -0.3 is 10.4 Å². The van der Waals surface area contributed by atoms with Gasteiger partial charge in [-0.05, 0) is 69.0 Å². The van der Waals surface area contributed by atoms with Gasteiger partial charge in [0.25, 0.3) is 16.7 Å². The summed E-state index contributed by atoms with van der Waals surface area (Å²) in [6, 6.07) is 18.8. The third-order valence-electron chi connectivity index (χ3n) is 9.97. The SMILES string of the molecule is CCCCCCCCn1c(O)c2c(=Nc3ccccc3)c(Br)c3c(=O)n(CCCCCCCC)c(=O)c4c(Nc5ccccc5)c(Br)c(c1=O)c2c4-3. The number of halogens is 2. The average Bonchev–Trinajstić information content (AvgIpc) is 3.14. The Labute approximate surface area is 320 Å². The van der Waals surface area contributed by atoms with Crippen molar-refractivity contribution in [3.63, 3.8) is 0 Å². The van der Waals surface area contributed by atoms with Crippen LogP contribution in [0.2, 0.25) is 0 Å². The highest BCUT2D eigenvalue weighted by Crippen LogP contribution is 2.47. The Kier molecular flexibility index (Phi) is 12.5. The lowest BCUT2D eigenvalue weighted by molar-refractivity contribution is 0.406. The summed E-state index contributed by atoms with van der Waals surface area (Å²) in [7, 11) is 0. The van der Waals surface area contributed by atoms with E-state index in [1.807, 2.05) is 60.7 Å². The molecule has 0 atom stereocenters. The van der Waals surface area contributed by atoms with Crippen LogP contribution >= 0.6 is 31.9 Å². The summed E-state index contributed by atoms with van der Waals surface area (Å²) >= 11 is 7.56. The van der Waals surface area contributed by atoms with Crippen molar-refractivity contribution in [2.45, 2.75) is 104 Å². The molecule has 2 aliphatic rings. The number of rotatable bonds is 17. The van der Waals surface area contributed by atoms with Crippen LogP contribution in [0, 0.1) is 0 Å². The summed E-state index contributed by atoms with van der Waals surface area (Å²) < 4.78 is 3.51. The molecule has 0 saturated carbocycles. The minimum absolute atomic E-state index is 0.232. The van der Waals surface area contributed by atoms with E-state index in [1.54, 1.807) is 0 Å². The van der Waals surface area contributed by atoms with Gasteiger partial charge in [0.05, 0.1) is 47.4 Å². The Morgan fingerprint density at radius 3 is 1.75 bits per heavy atom. The van der Waals surface area contributed by atoms with Crippen molar-refractivity contribution in [3.05, 3.63) is 106 Å². The Balaban J connectivity index is 1.70. The summed E-state index contributed by atoms with van der Waals surface area (Å²) in [4.78, 5) is 48.9. The molecule has 0 bridgehead atoms. The van der Waals surface area contributed by atoms with Crippen LogP contribution in [-0.2, 0) is 13.1 Å². The number of hydrogen-bond donors (Lipinski definition) is 2. The second kappa shape index (κ2) is 17.2. The highest BCUT2D eigenvalue weighted by atomic mass is 79.9. The molecule has 3 aromatic carbocycles. The number of anilines is 2. The summed E-state index contributed by atoms with van der Waals surface area (Å²) in [6.07, 6.45) is 12.1. The van der Waals surface area contributed by atoms with Crippen LogP contribution in [0.3, 0.4) is 0 Å². The second-order valence-electron chi connectivity index (χ2n) is 13.6. The van der Waals surface area contributed by atoms with Crippen molar-refractivity contribution in [2.75, 3.05) is 5.32 Å². The zero-order valence-electron chi connectivity index (χ0n) is 29.9. The molecule has 272 valence electrons. The minimum atomic E-state index is -0.450. The van der Waals surface area contributed by atoms with E-state index in [2.05, 4.69) is 51.0 Å². The molecular formula is C42H46Br2N4O4. The first kappa shape index (κ1) is 37.7. The van der Waals surface area contributed by atoms with Gasteiger partial charge in [0.1, 0.15) is 0 Å². The number of pyridine rings is 2. The van der Waals surface area contributed by atoms with E-state index < -0.39 is 16.7 Å². The number of aromatic nitrogens is 2. The molecule has 1 aliphatic heterocycles. The van der Waals surface area contributed by atoms with Gasteiger partial charge in [-0.3, -0.25) is 23.5 Å². The van der Waals surface area contributed by atoms with Gasteiger partial charge in [-0.15, -0.1) is 0 Å². The fourth-order valence-corrected chi connectivity index (χ4v) is 8.59. The largest absolute Gasteiger partial charge is 0.494 e. The molecule has 0 spiro atoms. The lowest BCUT2D eigenvalue weighted by Crippen LogP contribution is -2.37. The van der Waals surface area contributed by atoms with E-state index in [9.17, 15) is 19.5 Å². The van der Waals surface area contributed by atoms with Gasteiger partial charge in [-0.25, -0.2) is 4.99 Å². The van der Waals surface area contributed by atoms with E-state index in [1.165, 1.54) is 9.13 Å². The maximum atomic E-state index is 14.7. The zero-order chi connectivity index (χ0) is 36.8. The first-order chi connectivity index (χ1) is 25.3. The van der Waals surface area contributed by atoms with Crippen LogP contribution in [0.5, 0.6) is 5.88 Å². The van der Waals surface area contributed by atoms with E-state index >= 15 is 0 Å². The normalized spacial score (nSPS) is 12.2. The van der Waals surface area contributed by atoms with Crippen molar-refractivity contribution in [1.29, 1.82) is 0 Å². The Morgan fingerprint density at radius 2 is 1.13 bits per heavy atom. The molecule has 0 saturated heterocycles. The van der Waals surface area contributed by atoms with Gasteiger partial charge in [0.2, 0.25) is 5.88 Å². The van der Waals surface area contributed by atoms with E-state index in [-0.39, 0.29) is 28.8 Å². The summed E-state index contributed by atoms with van der Waals surface area (Å²) in [5, 5.41) is 17.1. The van der Waals surface area contributed by atoms with Crippen molar-refractivity contribution in [1.82, 2.24) is 9.13 Å². The molecule has 0 radical (unpaired) electrons. The average molecular weight is 831 g/mol. The Bertz CT molecular complexity index is 2360. The molecule has 52 heavy (non-hydrogen) atoms. The van der Waals surface area contributed by atoms with E-state index in [4.69, 9.17) is 4.99 Å². The van der Waals surface area contributed by atoms with Crippen LogP contribution in [0.15, 0.2) is 89.0 Å². The first-order valence-corrected chi connectivity index (χ1v) is 20.3. The lowest BCUT2D eigenvalue weighted by Gasteiger charge is -2.24.